The molecule has 1 N–H and O–H groups in total. The molecular formula is C13H17Cl2NO3S. The highest BCUT2D eigenvalue weighted by molar-refractivity contribution is 7.89. The Morgan fingerprint density at radius 1 is 1.15 bits per heavy atom. The Balaban J connectivity index is 2.38. The van der Waals surface area contributed by atoms with E-state index in [0.717, 1.165) is 25.7 Å². The molecule has 1 fully saturated rings. The van der Waals surface area contributed by atoms with Gasteiger partial charge in [0.2, 0.25) is 10.0 Å². The first-order valence-corrected chi connectivity index (χ1v) is 8.73. The summed E-state index contributed by atoms with van der Waals surface area (Å²) < 4.78 is 26.8. The smallest absolute Gasteiger partial charge is 0.243 e. The molecule has 0 radical (unpaired) electrons. The zero-order chi connectivity index (χ0) is 14.8. The molecule has 1 aromatic rings. The van der Waals surface area contributed by atoms with Crippen molar-refractivity contribution in [2.75, 3.05) is 13.2 Å². The lowest BCUT2D eigenvalue weighted by Crippen LogP contribution is -2.40. The molecule has 7 heteroatoms. The number of sulfonamides is 1. The van der Waals surface area contributed by atoms with Crippen molar-refractivity contribution in [3.63, 3.8) is 0 Å². The fraction of sp³-hybridized carbons (Fsp3) is 0.538. The summed E-state index contributed by atoms with van der Waals surface area (Å²) in [5, 5.41) is 9.73. The summed E-state index contributed by atoms with van der Waals surface area (Å²) in [4.78, 5) is 0.0790. The van der Waals surface area contributed by atoms with Gasteiger partial charge in [0.25, 0.3) is 0 Å². The van der Waals surface area contributed by atoms with Gasteiger partial charge in [0.15, 0.2) is 0 Å². The summed E-state index contributed by atoms with van der Waals surface area (Å²) in [7, 11) is -3.69. The predicted molar refractivity (Wildman–Crippen MR) is 79.7 cm³/mol. The van der Waals surface area contributed by atoms with Gasteiger partial charge in [0, 0.05) is 22.6 Å². The van der Waals surface area contributed by atoms with Crippen molar-refractivity contribution >= 4 is 33.2 Å². The SMILES string of the molecule is O=S(=O)(c1cc(Cl)cc(Cl)c1)N(CCO)C1CCCC1. The second-order valence-corrected chi connectivity index (χ2v) is 7.65. The highest BCUT2D eigenvalue weighted by atomic mass is 35.5. The van der Waals surface area contributed by atoms with Crippen LogP contribution in [0.5, 0.6) is 0 Å². The fourth-order valence-corrected chi connectivity index (χ4v) is 5.01. The molecule has 0 aliphatic heterocycles. The molecule has 0 bridgehead atoms. The van der Waals surface area contributed by atoms with Gasteiger partial charge in [-0.2, -0.15) is 4.31 Å². The van der Waals surface area contributed by atoms with Crippen LogP contribution >= 0.6 is 23.2 Å². The Labute approximate surface area is 129 Å². The van der Waals surface area contributed by atoms with Gasteiger partial charge in [-0.3, -0.25) is 0 Å². The summed E-state index contributed by atoms with van der Waals surface area (Å²) in [5.74, 6) is 0. The van der Waals surface area contributed by atoms with Gasteiger partial charge < -0.3 is 5.11 Å². The van der Waals surface area contributed by atoms with Crippen LogP contribution in [0.15, 0.2) is 23.1 Å². The van der Waals surface area contributed by atoms with Crippen molar-refractivity contribution < 1.29 is 13.5 Å². The van der Waals surface area contributed by atoms with Crippen LogP contribution in [0.2, 0.25) is 10.0 Å². The molecule has 0 spiro atoms. The van der Waals surface area contributed by atoms with E-state index in [9.17, 15) is 8.42 Å². The zero-order valence-electron chi connectivity index (χ0n) is 10.9. The van der Waals surface area contributed by atoms with Crippen LogP contribution in [0.25, 0.3) is 0 Å². The molecule has 1 aliphatic rings. The Kier molecular flexibility index (Phi) is 5.31. The van der Waals surface area contributed by atoms with Crippen molar-refractivity contribution in [2.24, 2.45) is 0 Å². The van der Waals surface area contributed by atoms with E-state index < -0.39 is 10.0 Å². The first-order valence-electron chi connectivity index (χ1n) is 6.54. The van der Waals surface area contributed by atoms with Gasteiger partial charge in [-0.15, -0.1) is 0 Å². The number of aliphatic hydroxyl groups is 1. The Morgan fingerprint density at radius 2 is 1.70 bits per heavy atom. The van der Waals surface area contributed by atoms with Crippen LogP contribution in [0.1, 0.15) is 25.7 Å². The zero-order valence-corrected chi connectivity index (χ0v) is 13.3. The summed E-state index contributed by atoms with van der Waals surface area (Å²) >= 11 is 11.8. The molecule has 0 amide bonds. The van der Waals surface area contributed by atoms with Crippen molar-refractivity contribution in [1.29, 1.82) is 0 Å². The summed E-state index contributed by atoms with van der Waals surface area (Å²) in [6.45, 7) is -0.110. The Hall–Kier alpha value is -0.330. The Morgan fingerprint density at radius 3 is 2.20 bits per heavy atom. The molecular weight excluding hydrogens is 321 g/mol. The van der Waals surface area contributed by atoms with E-state index in [4.69, 9.17) is 28.3 Å². The molecule has 4 nitrogen and oxygen atoms in total. The molecule has 20 heavy (non-hydrogen) atoms. The molecule has 0 aromatic heterocycles. The van der Waals surface area contributed by atoms with E-state index in [1.165, 1.54) is 22.5 Å². The molecule has 2 rings (SSSR count). The third-order valence-corrected chi connectivity index (χ3v) is 5.86. The van der Waals surface area contributed by atoms with Crippen LogP contribution in [-0.2, 0) is 10.0 Å². The van der Waals surface area contributed by atoms with Gasteiger partial charge in [-0.25, -0.2) is 8.42 Å². The predicted octanol–water partition coefficient (Wildman–Crippen LogP) is 2.92. The van der Waals surface area contributed by atoms with Gasteiger partial charge in [-0.05, 0) is 31.0 Å². The van der Waals surface area contributed by atoms with E-state index >= 15 is 0 Å². The molecule has 0 atom stereocenters. The number of nitrogens with zero attached hydrogens (tertiary/aromatic N) is 1. The van der Waals surface area contributed by atoms with Crippen LogP contribution in [-0.4, -0.2) is 37.0 Å². The van der Waals surface area contributed by atoms with E-state index in [1.54, 1.807) is 0 Å². The molecule has 1 aromatic carbocycles. The van der Waals surface area contributed by atoms with Crippen LogP contribution in [0.4, 0.5) is 0 Å². The number of hydrogen-bond acceptors (Lipinski definition) is 3. The number of aliphatic hydroxyl groups excluding tert-OH is 1. The molecule has 0 heterocycles. The van der Waals surface area contributed by atoms with E-state index in [0.29, 0.717) is 0 Å². The van der Waals surface area contributed by atoms with Crippen molar-refractivity contribution in [3.8, 4) is 0 Å². The third kappa shape index (κ3) is 3.46. The topological polar surface area (TPSA) is 57.6 Å². The standard InChI is InChI=1S/C13H17Cl2NO3S/c14-10-7-11(15)9-13(8-10)20(18,19)16(5-6-17)12-3-1-2-4-12/h7-9,12,17H,1-6H2. The lowest BCUT2D eigenvalue weighted by Gasteiger charge is -2.27. The van der Waals surface area contributed by atoms with E-state index in [-0.39, 0.29) is 34.1 Å². The maximum atomic E-state index is 12.7. The molecule has 0 unspecified atom stereocenters. The van der Waals surface area contributed by atoms with Gasteiger partial charge in [0.05, 0.1) is 11.5 Å². The number of benzene rings is 1. The van der Waals surface area contributed by atoms with Crippen LogP contribution < -0.4 is 0 Å². The maximum Gasteiger partial charge on any atom is 0.243 e. The lowest BCUT2D eigenvalue weighted by molar-refractivity contribution is 0.226. The maximum absolute atomic E-state index is 12.7. The summed E-state index contributed by atoms with van der Waals surface area (Å²) in [5.41, 5.74) is 0. The van der Waals surface area contributed by atoms with Crippen LogP contribution in [0, 0.1) is 0 Å². The minimum Gasteiger partial charge on any atom is -0.395 e. The quantitative estimate of drug-likeness (QED) is 0.898. The molecule has 112 valence electrons. The number of rotatable bonds is 5. The third-order valence-electron chi connectivity index (χ3n) is 3.50. The molecule has 0 saturated heterocycles. The minimum atomic E-state index is -3.69. The summed E-state index contributed by atoms with van der Waals surface area (Å²) in [6, 6.07) is 4.23. The normalized spacial score (nSPS) is 17.0. The first-order chi connectivity index (χ1) is 9.45. The second-order valence-electron chi connectivity index (χ2n) is 4.88. The first kappa shape index (κ1) is 16.0. The van der Waals surface area contributed by atoms with E-state index in [2.05, 4.69) is 0 Å². The Bertz CT molecular complexity index is 551. The van der Waals surface area contributed by atoms with Gasteiger partial charge >= 0.3 is 0 Å². The highest BCUT2D eigenvalue weighted by Gasteiger charge is 2.33. The van der Waals surface area contributed by atoms with Crippen molar-refractivity contribution in [3.05, 3.63) is 28.2 Å². The minimum absolute atomic E-state index is 0.0510. The monoisotopic (exact) mass is 337 g/mol. The molecule has 1 aliphatic carbocycles. The van der Waals surface area contributed by atoms with E-state index in [1.807, 2.05) is 0 Å². The largest absolute Gasteiger partial charge is 0.395 e. The summed E-state index contributed by atoms with van der Waals surface area (Å²) in [6.07, 6.45) is 3.68. The lowest BCUT2D eigenvalue weighted by atomic mass is 10.2. The fourth-order valence-electron chi connectivity index (χ4n) is 2.60. The highest BCUT2D eigenvalue weighted by Crippen LogP contribution is 2.30. The molecule has 1 saturated carbocycles. The van der Waals surface area contributed by atoms with Crippen molar-refractivity contribution in [2.45, 2.75) is 36.6 Å². The average Bonchev–Trinajstić information content (AvgIpc) is 2.88. The average molecular weight is 338 g/mol. The number of hydrogen-bond donors (Lipinski definition) is 1. The van der Waals surface area contributed by atoms with Crippen molar-refractivity contribution in [1.82, 2.24) is 4.31 Å². The van der Waals surface area contributed by atoms with Gasteiger partial charge in [0.1, 0.15) is 0 Å². The van der Waals surface area contributed by atoms with Crippen LogP contribution in [0.3, 0.4) is 0 Å². The second kappa shape index (κ2) is 6.62. The number of halogens is 2. The van der Waals surface area contributed by atoms with Gasteiger partial charge in [-0.1, -0.05) is 36.0 Å².